The summed E-state index contributed by atoms with van der Waals surface area (Å²) in [6, 6.07) is 14.1. The Kier molecular flexibility index (Phi) is 3.80. The van der Waals surface area contributed by atoms with Gasteiger partial charge in [0.25, 0.3) is 0 Å². The highest BCUT2D eigenvalue weighted by Crippen LogP contribution is 2.53. The zero-order valence-electron chi connectivity index (χ0n) is 13.3. The molecule has 2 aliphatic heterocycles. The van der Waals surface area contributed by atoms with Gasteiger partial charge in [0.2, 0.25) is 0 Å². The summed E-state index contributed by atoms with van der Waals surface area (Å²) >= 11 is 6.23. The van der Waals surface area contributed by atoms with Gasteiger partial charge in [-0.25, -0.2) is 0 Å². The minimum Gasteiger partial charge on any atom is -0.457 e. The van der Waals surface area contributed by atoms with Gasteiger partial charge in [-0.15, -0.1) is 0 Å². The average Bonchev–Trinajstić information content (AvgIpc) is 2.87. The number of ether oxygens (including phenoxy) is 2. The standard InChI is InChI=1S/C19H20ClNO2/c1-21(2)11-13-10-15-14-5-3-4-6-17(14)23-18-8-7-12(20)9-16(18)19(15)22-13/h3-9,13,15,19H,10-11H2,1-2H3/t13-,15+,19+/m1/s1. The second-order valence-corrected chi connectivity index (χ2v) is 7.04. The van der Waals surface area contributed by atoms with Gasteiger partial charge in [0.15, 0.2) is 0 Å². The van der Waals surface area contributed by atoms with E-state index in [1.54, 1.807) is 0 Å². The Labute approximate surface area is 141 Å². The molecule has 0 N–H and O–H groups in total. The third-order valence-corrected chi connectivity index (χ3v) is 4.84. The van der Waals surface area contributed by atoms with Crippen molar-refractivity contribution in [3.05, 3.63) is 58.6 Å². The lowest BCUT2D eigenvalue weighted by atomic mass is 9.87. The van der Waals surface area contributed by atoms with Crippen LogP contribution in [0.25, 0.3) is 0 Å². The molecule has 2 aromatic carbocycles. The predicted octanol–water partition coefficient (Wildman–Crippen LogP) is 4.62. The molecule has 1 saturated heterocycles. The summed E-state index contributed by atoms with van der Waals surface area (Å²) in [5.41, 5.74) is 2.28. The van der Waals surface area contributed by atoms with Gasteiger partial charge in [0.1, 0.15) is 11.5 Å². The van der Waals surface area contributed by atoms with Gasteiger partial charge in [-0.2, -0.15) is 0 Å². The van der Waals surface area contributed by atoms with Gasteiger partial charge in [0, 0.05) is 28.6 Å². The van der Waals surface area contributed by atoms with Crippen LogP contribution in [0.5, 0.6) is 11.5 Å². The van der Waals surface area contributed by atoms with Gasteiger partial charge in [0.05, 0.1) is 12.2 Å². The Balaban J connectivity index is 1.80. The minimum atomic E-state index is -0.00250. The molecule has 0 aromatic heterocycles. The Bertz CT molecular complexity index is 731. The van der Waals surface area contributed by atoms with Crippen LogP contribution >= 0.6 is 11.6 Å². The molecule has 120 valence electrons. The number of rotatable bonds is 2. The first kappa shape index (κ1) is 15.0. The number of halogens is 1. The molecule has 4 heteroatoms. The number of benzene rings is 2. The number of fused-ring (bicyclic) bond motifs is 5. The zero-order chi connectivity index (χ0) is 16.0. The first-order valence-electron chi connectivity index (χ1n) is 7.98. The fraction of sp³-hybridized carbons (Fsp3) is 0.368. The number of hydrogen-bond donors (Lipinski definition) is 0. The van der Waals surface area contributed by atoms with Crippen LogP contribution in [0.4, 0.5) is 0 Å². The number of nitrogens with zero attached hydrogens (tertiary/aromatic N) is 1. The SMILES string of the molecule is CN(C)C[C@H]1C[C@H]2c3ccccc3Oc3ccc(Cl)cc3[C@H]2O1. The molecule has 0 radical (unpaired) electrons. The summed E-state index contributed by atoms with van der Waals surface area (Å²) in [5, 5.41) is 0.719. The summed E-state index contributed by atoms with van der Waals surface area (Å²) in [7, 11) is 4.17. The van der Waals surface area contributed by atoms with E-state index in [9.17, 15) is 0 Å². The molecule has 3 nitrogen and oxygen atoms in total. The van der Waals surface area contributed by atoms with Gasteiger partial charge in [-0.1, -0.05) is 29.8 Å². The summed E-state index contributed by atoms with van der Waals surface area (Å²) in [5.74, 6) is 2.08. The van der Waals surface area contributed by atoms with E-state index in [0.29, 0.717) is 5.92 Å². The maximum atomic E-state index is 6.41. The predicted molar refractivity (Wildman–Crippen MR) is 91.5 cm³/mol. The Hall–Kier alpha value is -1.55. The fourth-order valence-corrected chi connectivity index (χ4v) is 3.88. The van der Waals surface area contributed by atoms with Crippen molar-refractivity contribution in [1.29, 1.82) is 0 Å². The molecule has 0 spiro atoms. The molecular formula is C19H20ClNO2. The highest BCUT2D eigenvalue weighted by molar-refractivity contribution is 6.30. The molecule has 0 unspecified atom stereocenters. The van der Waals surface area contributed by atoms with Crippen LogP contribution in [0.15, 0.2) is 42.5 Å². The van der Waals surface area contributed by atoms with Crippen molar-refractivity contribution >= 4 is 11.6 Å². The van der Waals surface area contributed by atoms with Crippen LogP contribution in [0.2, 0.25) is 5.02 Å². The van der Waals surface area contributed by atoms with Crippen molar-refractivity contribution in [2.24, 2.45) is 0 Å². The highest BCUT2D eigenvalue weighted by Gasteiger charge is 2.41. The maximum Gasteiger partial charge on any atom is 0.133 e. The largest absolute Gasteiger partial charge is 0.457 e. The third-order valence-electron chi connectivity index (χ3n) is 4.61. The van der Waals surface area contributed by atoms with E-state index in [2.05, 4.69) is 31.1 Å². The van der Waals surface area contributed by atoms with Crippen LogP contribution in [-0.2, 0) is 4.74 Å². The average molecular weight is 330 g/mol. The lowest BCUT2D eigenvalue weighted by molar-refractivity contribution is 0.0271. The fourth-order valence-electron chi connectivity index (χ4n) is 3.70. The van der Waals surface area contributed by atoms with Gasteiger partial charge in [-0.05, 0) is 44.8 Å². The van der Waals surface area contributed by atoms with E-state index >= 15 is 0 Å². The van der Waals surface area contributed by atoms with Gasteiger partial charge >= 0.3 is 0 Å². The van der Waals surface area contributed by atoms with E-state index in [4.69, 9.17) is 21.1 Å². The van der Waals surface area contributed by atoms with E-state index < -0.39 is 0 Å². The second-order valence-electron chi connectivity index (χ2n) is 6.61. The van der Waals surface area contributed by atoms with Crippen molar-refractivity contribution in [3.63, 3.8) is 0 Å². The zero-order valence-corrected chi connectivity index (χ0v) is 14.1. The smallest absolute Gasteiger partial charge is 0.133 e. The van der Waals surface area contributed by atoms with Crippen molar-refractivity contribution < 1.29 is 9.47 Å². The lowest BCUT2D eigenvalue weighted by Gasteiger charge is -2.19. The van der Waals surface area contributed by atoms with Gasteiger partial charge in [-0.3, -0.25) is 0 Å². The molecule has 2 heterocycles. The molecule has 0 aliphatic carbocycles. The van der Waals surface area contributed by atoms with Crippen LogP contribution in [-0.4, -0.2) is 31.6 Å². The van der Waals surface area contributed by atoms with E-state index in [1.165, 1.54) is 5.56 Å². The molecule has 0 saturated carbocycles. The molecule has 4 rings (SSSR count). The van der Waals surface area contributed by atoms with Crippen molar-refractivity contribution in [3.8, 4) is 11.5 Å². The molecule has 3 atom stereocenters. The Morgan fingerprint density at radius 2 is 1.87 bits per heavy atom. The highest BCUT2D eigenvalue weighted by atomic mass is 35.5. The van der Waals surface area contributed by atoms with Crippen molar-refractivity contribution in [2.45, 2.75) is 24.5 Å². The summed E-state index contributed by atoms with van der Waals surface area (Å²) < 4.78 is 12.6. The van der Waals surface area contributed by atoms with E-state index in [0.717, 1.165) is 35.1 Å². The molecule has 23 heavy (non-hydrogen) atoms. The Morgan fingerprint density at radius 1 is 1.09 bits per heavy atom. The number of hydrogen-bond acceptors (Lipinski definition) is 3. The summed E-state index contributed by atoms with van der Waals surface area (Å²) in [6.07, 6.45) is 1.21. The topological polar surface area (TPSA) is 21.7 Å². The molecule has 2 aromatic rings. The number of likely N-dealkylation sites (N-methyl/N-ethyl adjacent to an activating group) is 1. The summed E-state index contributed by atoms with van der Waals surface area (Å²) in [6.45, 7) is 0.923. The first-order chi connectivity index (χ1) is 11.1. The van der Waals surface area contributed by atoms with Crippen LogP contribution in [0.3, 0.4) is 0 Å². The molecule has 2 aliphatic rings. The molecule has 0 amide bonds. The minimum absolute atomic E-state index is 0.00250. The maximum absolute atomic E-state index is 6.41. The monoisotopic (exact) mass is 329 g/mol. The first-order valence-corrected chi connectivity index (χ1v) is 8.36. The van der Waals surface area contributed by atoms with Crippen LogP contribution in [0.1, 0.15) is 29.6 Å². The normalized spacial score (nSPS) is 25.3. The van der Waals surface area contributed by atoms with Crippen molar-refractivity contribution in [1.82, 2.24) is 4.90 Å². The molecule has 1 fully saturated rings. The number of para-hydroxylation sites is 1. The Morgan fingerprint density at radius 3 is 2.70 bits per heavy atom. The van der Waals surface area contributed by atoms with Crippen LogP contribution in [0, 0.1) is 0 Å². The quantitative estimate of drug-likeness (QED) is 0.802. The van der Waals surface area contributed by atoms with E-state index in [1.807, 2.05) is 30.3 Å². The third kappa shape index (κ3) is 2.74. The molecule has 0 bridgehead atoms. The van der Waals surface area contributed by atoms with E-state index in [-0.39, 0.29) is 12.2 Å². The second kappa shape index (κ2) is 5.82. The summed E-state index contributed by atoms with van der Waals surface area (Å²) in [4.78, 5) is 2.18. The molecular weight excluding hydrogens is 310 g/mol. The van der Waals surface area contributed by atoms with Crippen molar-refractivity contribution in [2.75, 3.05) is 20.6 Å². The lowest BCUT2D eigenvalue weighted by Crippen LogP contribution is -2.25. The van der Waals surface area contributed by atoms with Gasteiger partial charge < -0.3 is 14.4 Å². The van der Waals surface area contributed by atoms with Crippen LogP contribution < -0.4 is 4.74 Å².